The van der Waals surface area contributed by atoms with Gasteiger partial charge in [-0.05, 0) is 57.0 Å². The second-order valence-corrected chi connectivity index (χ2v) is 6.50. The third kappa shape index (κ3) is 3.66. The summed E-state index contributed by atoms with van der Waals surface area (Å²) in [5.41, 5.74) is 1.20. The molecule has 3 nitrogen and oxygen atoms in total. The van der Waals surface area contributed by atoms with Crippen molar-refractivity contribution < 1.29 is 4.74 Å². The van der Waals surface area contributed by atoms with E-state index in [1.165, 1.54) is 24.8 Å². The summed E-state index contributed by atoms with van der Waals surface area (Å²) in [4.78, 5) is 2.40. The van der Waals surface area contributed by atoms with Gasteiger partial charge < -0.3 is 10.1 Å². The molecule has 0 bridgehead atoms. The molecule has 1 saturated heterocycles. The lowest BCUT2D eigenvalue weighted by Gasteiger charge is -2.24. The quantitative estimate of drug-likeness (QED) is 0.873. The second kappa shape index (κ2) is 6.33. The van der Waals surface area contributed by atoms with E-state index in [9.17, 15) is 0 Å². The Morgan fingerprint density at radius 2 is 2.20 bits per heavy atom. The number of halogens is 1. The van der Waals surface area contributed by atoms with Gasteiger partial charge in [-0.15, -0.1) is 0 Å². The number of ether oxygens (including phenoxy) is 1. The number of hydrogen-bond acceptors (Lipinski definition) is 3. The lowest BCUT2D eigenvalue weighted by molar-refractivity contribution is 0.239. The Morgan fingerprint density at radius 1 is 1.35 bits per heavy atom. The molecule has 1 saturated carbocycles. The summed E-state index contributed by atoms with van der Waals surface area (Å²) in [5.74, 6) is 1.77. The van der Waals surface area contributed by atoms with E-state index in [2.05, 4.69) is 17.3 Å². The number of nitrogens with zero attached hydrogens (tertiary/aromatic N) is 1. The van der Waals surface area contributed by atoms with E-state index < -0.39 is 0 Å². The highest BCUT2D eigenvalue weighted by atomic mass is 35.5. The topological polar surface area (TPSA) is 24.5 Å². The highest BCUT2D eigenvalue weighted by molar-refractivity contribution is 6.30. The molecule has 1 aliphatic heterocycles. The molecule has 1 heterocycles. The number of nitrogens with one attached hydrogen (secondary N) is 1. The van der Waals surface area contributed by atoms with Crippen LogP contribution in [-0.4, -0.2) is 37.7 Å². The molecular formula is C16H23ClN2O. The molecule has 1 N–H and O–H groups in total. The van der Waals surface area contributed by atoms with Crippen molar-refractivity contribution in [3.63, 3.8) is 0 Å². The molecule has 0 radical (unpaired) electrons. The molecule has 0 aromatic heterocycles. The van der Waals surface area contributed by atoms with Crippen LogP contribution in [0.15, 0.2) is 18.2 Å². The zero-order valence-corrected chi connectivity index (χ0v) is 12.8. The average Bonchev–Trinajstić information content (AvgIpc) is 3.09. The number of hydrogen-bond donors (Lipinski definition) is 1. The van der Waals surface area contributed by atoms with Gasteiger partial charge in [-0.25, -0.2) is 0 Å². The summed E-state index contributed by atoms with van der Waals surface area (Å²) in [6, 6.07) is 6.60. The molecule has 2 fully saturated rings. The Bertz CT molecular complexity index is 456. The fourth-order valence-corrected chi connectivity index (χ4v) is 2.91. The molecule has 1 aromatic carbocycles. The van der Waals surface area contributed by atoms with E-state index in [0.29, 0.717) is 6.04 Å². The molecule has 4 heteroatoms. The lowest BCUT2D eigenvalue weighted by atomic mass is 10.1. The van der Waals surface area contributed by atoms with E-state index in [1.54, 1.807) is 0 Å². The van der Waals surface area contributed by atoms with E-state index in [1.807, 2.05) is 18.2 Å². The number of benzene rings is 1. The number of likely N-dealkylation sites (N-methyl/N-ethyl adjacent to an activating group) is 1. The molecule has 2 aliphatic rings. The van der Waals surface area contributed by atoms with Crippen molar-refractivity contribution in [1.29, 1.82) is 0 Å². The first kappa shape index (κ1) is 14.2. The first-order valence-electron chi connectivity index (χ1n) is 7.54. The minimum Gasteiger partial charge on any atom is -0.493 e. The average molecular weight is 295 g/mol. The summed E-state index contributed by atoms with van der Waals surface area (Å²) in [5, 5.41) is 4.20. The van der Waals surface area contributed by atoms with Crippen molar-refractivity contribution in [3.8, 4) is 5.75 Å². The van der Waals surface area contributed by atoms with Crippen LogP contribution in [0.3, 0.4) is 0 Å². The van der Waals surface area contributed by atoms with Crippen LogP contribution in [-0.2, 0) is 6.54 Å². The Morgan fingerprint density at radius 3 is 2.90 bits per heavy atom. The molecule has 0 spiro atoms. The summed E-state index contributed by atoms with van der Waals surface area (Å²) in [6.07, 6.45) is 3.85. The van der Waals surface area contributed by atoms with Gasteiger partial charge in [-0.2, -0.15) is 0 Å². The molecule has 110 valence electrons. The van der Waals surface area contributed by atoms with E-state index >= 15 is 0 Å². The monoisotopic (exact) mass is 294 g/mol. The predicted molar refractivity (Wildman–Crippen MR) is 82.4 cm³/mol. The third-order valence-corrected chi connectivity index (χ3v) is 4.51. The molecular weight excluding hydrogens is 272 g/mol. The van der Waals surface area contributed by atoms with Gasteiger partial charge in [0.1, 0.15) is 5.75 Å². The van der Waals surface area contributed by atoms with Crippen LogP contribution in [0.2, 0.25) is 5.02 Å². The SMILES string of the molecule is CN(Cc1cc(Cl)ccc1OCC1CC1)C1CCNC1. The molecule has 1 aromatic rings. The van der Waals surface area contributed by atoms with E-state index in [4.69, 9.17) is 16.3 Å². The smallest absolute Gasteiger partial charge is 0.123 e. The Hall–Kier alpha value is -0.770. The molecule has 0 amide bonds. The molecule has 1 unspecified atom stereocenters. The zero-order valence-electron chi connectivity index (χ0n) is 12.1. The van der Waals surface area contributed by atoms with Crippen LogP contribution in [0, 0.1) is 5.92 Å². The van der Waals surface area contributed by atoms with Gasteiger partial charge in [0, 0.05) is 29.7 Å². The van der Waals surface area contributed by atoms with Crippen molar-refractivity contribution in [2.75, 3.05) is 26.7 Å². The lowest BCUT2D eigenvalue weighted by Crippen LogP contribution is -2.33. The van der Waals surface area contributed by atoms with Crippen LogP contribution >= 0.6 is 11.6 Å². The summed E-state index contributed by atoms with van der Waals surface area (Å²) in [6.45, 7) is 3.95. The van der Waals surface area contributed by atoms with Crippen molar-refractivity contribution >= 4 is 11.6 Å². The fourth-order valence-electron chi connectivity index (χ4n) is 2.72. The van der Waals surface area contributed by atoms with Gasteiger partial charge in [-0.3, -0.25) is 4.90 Å². The maximum atomic E-state index is 6.15. The molecule has 3 rings (SSSR count). The molecule has 1 aliphatic carbocycles. The van der Waals surface area contributed by atoms with Gasteiger partial charge in [0.25, 0.3) is 0 Å². The van der Waals surface area contributed by atoms with Crippen molar-refractivity contribution in [2.45, 2.75) is 31.8 Å². The fraction of sp³-hybridized carbons (Fsp3) is 0.625. The Kier molecular flexibility index (Phi) is 4.49. The minimum absolute atomic E-state index is 0.616. The van der Waals surface area contributed by atoms with Crippen LogP contribution in [0.4, 0.5) is 0 Å². The van der Waals surface area contributed by atoms with Crippen molar-refractivity contribution in [3.05, 3.63) is 28.8 Å². The van der Waals surface area contributed by atoms with Crippen LogP contribution in [0.5, 0.6) is 5.75 Å². The van der Waals surface area contributed by atoms with Crippen LogP contribution in [0.1, 0.15) is 24.8 Å². The molecule has 1 atom stereocenters. The van der Waals surface area contributed by atoms with Gasteiger partial charge in [0.05, 0.1) is 6.61 Å². The third-order valence-electron chi connectivity index (χ3n) is 4.27. The van der Waals surface area contributed by atoms with Gasteiger partial charge in [-0.1, -0.05) is 11.6 Å². The van der Waals surface area contributed by atoms with E-state index in [-0.39, 0.29) is 0 Å². The second-order valence-electron chi connectivity index (χ2n) is 6.07. The van der Waals surface area contributed by atoms with Crippen LogP contribution in [0.25, 0.3) is 0 Å². The highest BCUT2D eigenvalue weighted by Gasteiger charge is 2.23. The normalized spacial score (nSPS) is 22.4. The van der Waals surface area contributed by atoms with Crippen LogP contribution < -0.4 is 10.1 Å². The Balaban J connectivity index is 1.66. The first-order valence-corrected chi connectivity index (χ1v) is 7.92. The summed E-state index contributed by atoms with van der Waals surface area (Å²) < 4.78 is 5.98. The minimum atomic E-state index is 0.616. The Labute approximate surface area is 126 Å². The summed E-state index contributed by atoms with van der Waals surface area (Å²) in [7, 11) is 2.18. The van der Waals surface area contributed by atoms with Gasteiger partial charge in [0.2, 0.25) is 0 Å². The van der Waals surface area contributed by atoms with Gasteiger partial charge in [0.15, 0.2) is 0 Å². The zero-order chi connectivity index (χ0) is 13.9. The standard InChI is InChI=1S/C16H23ClN2O/c1-19(15-6-7-18-9-15)10-13-8-14(17)4-5-16(13)20-11-12-2-3-12/h4-5,8,12,15,18H,2-3,6-7,9-11H2,1H3. The number of rotatable bonds is 6. The van der Waals surface area contributed by atoms with E-state index in [0.717, 1.165) is 42.9 Å². The highest BCUT2D eigenvalue weighted by Crippen LogP contribution is 2.31. The van der Waals surface area contributed by atoms with Crippen molar-refractivity contribution in [2.24, 2.45) is 5.92 Å². The first-order chi connectivity index (χ1) is 9.72. The largest absolute Gasteiger partial charge is 0.493 e. The maximum Gasteiger partial charge on any atom is 0.123 e. The maximum absolute atomic E-state index is 6.15. The van der Waals surface area contributed by atoms with Gasteiger partial charge >= 0.3 is 0 Å². The van der Waals surface area contributed by atoms with Crippen molar-refractivity contribution in [1.82, 2.24) is 10.2 Å². The summed E-state index contributed by atoms with van der Waals surface area (Å²) >= 11 is 6.15. The predicted octanol–water partition coefficient (Wildman–Crippen LogP) is 2.92. The molecule has 20 heavy (non-hydrogen) atoms.